The molecule has 128 valence electrons. The Morgan fingerprint density at radius 3 is 2.13 bits per heavy atom. The lowest BCUT2D eigenvalue weighted by Crippen LogP contribution is -2.36. The van der Waals surface area contributed by atoms with Crippen LogP contribution in [-0.4, -0.2) is 30.6 Å². The summed E-state index contributed by atoms with van der Waals surface area (Å²) in [5, 5.41) is 2.29. The number of amides is 1. The minimum absolute atomic E-state index is 0.116. The molecule has 0 aromatic heterocycles. The molecular formula is C15H18F3NO4. The summed E-state index contributed by atoms with van der Waals surface area (Å²) >= 11 is 0. The molecule has 0 aliphatic rings. The van der Waals surface area contributed by atoms with E-state index >= 15 is 0 Å². The summed E-state index contributed by atoms with van der Waals surface area (Å²) in [7, 11) is 0. The van der Waals surface area contributed by atoms with E-state index < -0.39 is 35.8 Å². The lowest BCUT2D eigenvalue weighted by Gasteiger charge is -2.19. The van der Waals surface area contributed by atoms with Crippen molar-refractivity contribution in [3.8, 4) is 5.75 Å². The van der Waals surface area contributed by atoms with Gasteiger partial charge in [0.15, 0.2) is 6.61 Å². The van der Waals surface area contributed by atoms with Gasteiger partial charge in [0.05, 0.1) is 5.56 Å². The Bertz CT molecular complexity index is 547. The van der Waals surface area contributed by atoms with Crippen molar-refractivity contribution < 1.29 is 32.2 Å². The van der Waals surface area contributed by atoms with Gasteiger partial charge < -0.3 is 14.8 Å². The van der Waals surface area contributed by atoms with Crippen molar-refractivity contribution in [2.75, 3.05) is 13.2 Å². The summed E-state index contributed by atoms with van der Waals surface area (Å²) in [6, 6.07) is 3.94. The van der Waals surface area contributed by atoms with E-state index in [-0.39, 0.29) is 12.3 Å². The molecule has 0 saturated heterocycles. The molecule has 0 bridgehead atoms. The van der Waals surface area contributed by atoms with Gasteiger partial charge in [0, 0.05) is 0 Å². The lowest BCUT2D eigenvalue weighted by molar-refractivity contribution is -0.154. The van der Waals surface area contributed by atoms with Gasteiger partial charge in [0.2, 0.25) is 0 Å². The summed E-state index contributed by atoms with van der Waals surface area (Å²) in [5.74, 6) is -1.07. The second-order valence-electron chi connectivity index (χ2n) is 5.67. The van der Waals surface area contributed by atoms with Crippen LogP contribution < -0.4 is 10.1 Å². The molecule has 0 heterocycles. The largest absolute Gasteiger partial charge is 0.484 e. The van der Waals surface area contributed by atoms with Gasteiger partial charge in [-0.2, -0.15) is 13.2 Å². The maximum Gasteiger partial charge on any atom is 0.416 e. The fraction of sp³-hybridized carbons (Fsp3) is 0.467. The van der Waals surface area contributed by atoms with Crippen LogP contribution in [0.2, 0.25) is 0 Å². The van der Waals surface area contributed by atoms with Gasteiger partial charge in [-0.15, -0.1) is 0 Å². The highest BCUT2D eigenvalue weighted by Gasteiger charge is 2.30. The normalized spacial score (nSPS) is 11.7. The number of hydrogen-bond acceptors (Lipinski definition) is 4. The maximum absolute atomic E-state index is 12.4. The Morgan fingerprint density at radius 2 is 1.65 bits per heavy atom. The van der Waals surface area contributed by atoms with Crippen LogP contribution in [0.4, 0.5) is 13.2 Å². The number of carbonyl (C=O) groups is 2. The summed E-state index contributed by atoms with van der Waals surface area (Å²) < 4.78 is 47.2. The molecule has 1 amide bonds. The average Bonchev–Trinajstić information content (AvgIpc) is 2.40. The molecule has 0 atom stereocenters. The molecule has 0 radical (unpaired) electrons. The molecule has 0 spiro atoms. The van der Waals surface area contributed by atoms with Crippen LogP contribution in [-0.2, 0) is 20.5 Å². The molecule has 0 aliphatic heterocycles. The van der Waals surface area contributed by atoms with Crippen molar-refractivity contribution in [1.82, 2.24) is 5.32 Å². The van der Waals surface area contributed by atoms with Crippen molar-refractivity contribution in [3.63, 3.8) is 0 Å². The van der Waals surface area contributed by atoms with Crippen molar-refractivity contribution in [2.45, 2.75) is 32.5 Å². The third-order valence-electron chi connectivity index (χ3n) is 2.40. The number of hydrogen-bond donors (Lipinski definition) is 1. The zero-order chi connectivity index (χ0) is 17.7. The molecule has 0 fully saturated rings. The minimum Gasteiger partial charge on any atom is -0.484 e. The smallest absolute Gasteiger partial charge is 0.416 e. The zero-order valence-electron chi connectivity index (χ0n) is 13.0. The van der Waals surface area contributed by atoms with E-state index in [2.05, 4.69) is 5.32 Å². The summed E-state index contributed by atoms with van der Waals surface area (Å²) in [5.41, 5.74) is -1.46. The first-order valence-corrected chi connectivity index (χ1v) is 6.76. The topological polar surface area (TPSA) is 64.6 Å². The second kappa shape index (κ2) is 7.34. The predicted molar refractivity (Wildman–Crippen MR) is 75.8 cm³/mol. The average molecular weight is 333 g/mol. The third-order valence-corrected chi connectivity index (χ3v) is 2.40. The van der Waals surface area contributed by atoms with Crippen LogP contribution in [0.3, 0.4) is 0 Å². The quantitative estimate of drug-likeness (QED) is 0.841. The highest BCUT2D eigenvalue weighted by atomic mass is 19.4. The van der Waals surface area contributed by atoms with Gasteiger partial charge in [0.1, 0.15) is 17.9 Å². The van der Waals surface area contributed by atoms with E-state index in [0.717, 1.165) is 24.3 Å². The van der Waals surface area contributed by atoms with Crippen LogP contribution >= 0.6 is 0 Å². The summed E-state index contributed by atoms with van der Waals surface area (Å²) in [6.45, 7) is 4.35. The zero-order valence-corrected chi connectivity index (χ0v) is 13.0. The van der Waals surface area contributed by atoms with Crippen LogP contribution in [0.5, 0.6) is 5.75 Å². The fourth-order valence-electron chi connectivity index (χ4n) is 1.49. The second-order valence-corrected chi connectivity index (χ2v) is 5.67. The molecule has 1 aromatic carbocycles. The first-order chi connectivity index (χ1) is 10.5. The van der Waals surface area contributed by atoms with E-state index in [0.29, 0.717) is 0 Å². The number of rotatable bonds is 5. The molecule has 8 heteroatoms. The fourth-order valence-corrected chi connectivity index (χ4v) is 1.49. The van der Waals surface area contributed by atoms with Gasteiger partial charge in [-0.3, -0.25) is 9.59 Å². The van der Waals surface area contributed by atoms with E-state index in [1.165, 1.54) is 0 Å². The Kier molecular flexibility index (Phi) is 6.00. The number of ether oxygens (including phenoxy) is 2. The number of benzene rings is 1. The van der Waals surface area contributed by atoms with Crippen LogP contribution in [0, 0.1) is 0 Å². The number of nitrogens with one attached hydrogen (secondary N) is 1. The van der Waals surface area contributed by atoms with Gasteiger partial charge in [-0.05, 0) is 45.0 Å². The van der Waals surface area contributed by atoms with E-state index in [9.17, 15) is 22.8 Å². The van der Waals surface area contributed by atoms with Gasteiger partial charge >= 0.3 is 12.1 Å². The minimum atomic E-state index is -4.43. The molecule has 0 aliphatic carbocycles. The lowest BCUT2D eigenvalue weighted by atomic mass is 10.2. The Hall–Kier alpha value is -2.25. The summed E-state index contributed by atoms with van der Waals surface area (Å²) in [4.78, 5) is 22.9. The van der Waals surface area contributed by atoms with E-state index in [4.69, 9.17) is 9.47 Å². The third kappa shape index (κ3) is 7.53. The van der Waals surface area contributed by atoms with Crippen molar-refractivity contribution >= 4 is 11.9 Å². The van der Waals surface area contributed by atoms with Gasteiger partial charge in [-0.25, -0.2) is 0 Å². The van der Waals surface area contributed by atoms with Crippen LogP contribution in [0.25, 0.3) is 0 Å². The molecule has 23 heavy (non-hydrogen) atoms. The number of alkyl halides is 3. The monoisotopic (exact) mass is 333 g/mol. The Labute approximate surface area is 131 Å². The van der Waals surface area contributed by atoms with E-state index in [1.54, 1.807) is 20.8 Å². The predicted octanol–water partition coefficient (Wildman–Crippen LogP) is 2.54. The first kappa shape index (κ1) is 18.8. The summed E-state index contributed by atoms with van der Waals surface area (Å²) in [6.07, 6.45) is -4.43. The molecule has 1 rings (SSSR count). The number of halogens is 3. The van der Waals surface area contributed by atoms with Crippen LogP contribution in [0.15, 0.2) is 24.3 Å². The first-order valence-electron chi connectivity index (χ1n) is 6.76. The van der Waals surface area contributed by atoms with Gasteiger partial charge in [-0.1, -0.05) is 0 Å². The molecule has 0 unspecified atom stereocenters. The SMILES string of the molecule is CC(C)(C)OC(=O)CNC(=O)COc1ccc(C(F)(F)F)cc1. The highest BCUT2D eigenvalue weighted by Crippen LogP contribution is 2.30. The van der Waals surface area contributed by atoms with E-state index in [1.807, 2.05) is 0 Å². The number of carbonyl (C=O) groups excluding carboxylic acids is 2. The molecule has 1 N–H and O–H groups in total. The van der Waals surface area contributed by atoms with Crippen molar-refractivity contribution in [1.29, 1.82) is 0 Å². The van der Waals surface area contributed by atoms with Crippen LogP contribution in [0.1, 0.15) is 26.3 Å². The molecule has 1 aromatic rings. The maximum atomic E-state index is 12.4. The molecule has 0 saturated carbocycles. The highest BCUT2D eigenvalue weighted by molar-refractivity contribution is 5.82. The standard InChI is InChI=1S/C15H18F3NO4/c1-14(2,3)23-13(21)8-19-12(20)9-22-11-6-4-10(5-7-11)15(16,17)18/h4-7H,8-9H2,1-3H3,(H,19,20). The molecular weight excluding hydrogens is 315 g/mol. The van der Waals surface area contributed by atoms with Crippen molar-refractivity contribution in [2.24, 2.45) is 0 Å². The number of esters is 1. The molecule has 5 nitrogen and oxygen atoms in total. The Balaban J connectivity index is 2.38. The van der Waals surface area contributed by atoms with Gasteiger partial charge in [0.25, 0.3) is 5.91 Å². The Morgan fingerprint density at radius 1 is 1.09 bits per heavy atom. The van der Waals surface area contributed by atoms with Crippen molar-refractivity contribution in [3.05, 3.63) is 29.8 Å².